The number of carbonyl (C=O) groups excluding carboxylic acids is 2. The molecule has 0 radical (unpaired) electrons. The van der Waals surface area contributed by atoms with Gasteiger partial charge in [0.1, 0.15) is 0 Å². The van der Waals surface area contributed by atoms with Gasteiger partial charge in [0.05, 0.1) is 11.8 Å². The van der Waals surface area contributed by atoms with Gasteiger partial charge in [-0.25, -0.2) is 4.79 Å². The van der Waals surface area contributed by atoms with E-state index in [4.69, 9.17) is 5.11 Å². The molecule has 1 unspecified atom stereocenters. The van der Waals surface area contributed by atoms with Crippen molar-refractivity contribution in [3.05, 3.63) is 71.3 Å². The van der Waals surface area contributed by atoms with Crippen molar-refractivity contribution in [2.24, 2.45) is 4.99 Å². The van der Waals surface area contributed by atoms with E-state index in [1.165, 1.54) is 12.1 Å². The Kier molecular flexibility index (Phi) is 6.19. The van der Waals surface area contributed by atoms with Crippen molar-refractivity contribution in [3.63, 3.8) is 0 Å². The second-order valence-electron chi connectivity index (χ2n) is 6.14. The normalized spacial score (nSPS) is 15.2. The number of carboxylic acids is 1. The number of imide groups is 1. The first-order valence-electron chi connectivity index (χ1n) is 8.79. The van der Waals surface area contributed by atoms with Crippen LogP contribution in [0, 0.1) is 23.8 Å². The highest BCUT2D eigenvalue weighted by Gasteiger charge is 2.29. The predicted octanol–water partition coefficient (Wildman–Crippen LogP) is 1.94. The lowest BCUT2D eigenvalue weighted by atomic mass is 10.1. The van der Waals surface area contributed by atoms with Crippen molar-refractivity contribution in [2.45, 2.75) is 18.9 Å². The first kappa shape index (κ1) is 19.6. The summed E-state index contributed by atoms with van der Waals surface area (Å²) in [5.41, 5.74) is 1.97. The quantitative estimate of drug-likeness (QED) is 0.647. The zero-order chi connectivity index (χ0) is 20.6. The molecule has 2 aromatic carbocycles. The van der Waals surface area contributed by atoms with E-state index in [-0.39, 0.29) is 12.0 Å². The lowest BCUT2D eigenvalue weighted by Gasteiger charge is -2.17. The van der Waals surface area contributed by atoms with Crippen molar-refractivity contribution in [2.75, 3.05) is 0 Å². The Morgan fingerprint density at radius 1 is 0.966 bits per heavy atom. The first-order valence-corrected chi connectivity index (χ1v) is 8.79. The molecule has 0 saturated heterocycles. The van der Waals surface area contributed by atoms with Crippen LogP contribution in [-0.4, -0.2) is 40.0 Å². The van der Waals surface area contributed by atoms with Crippen LogP contribution in [0.3, 0.4) is 0 Å². The molecule has 1 heterocycles. The largest absolute Gasteiger partial charge is 0.478 e. The minimum atomic E-state index is -1.01. The van der Waals surface area contributed by atoms with E-state index >= 15 is 0 Å². The molecule has 142 valence electrons. The zero-order valence-electron chi connectivity index (χ0n) is 15.3. The van der Waals surface area contributed by atoms with Crippen LogP contribution in [0.15, 0.2) is 59.6 Å². The molecule has 29 heavy (non-hydrogen) atoms. The molecule has 1 aliphatic heterocycles. The highest BCUT2D eigenvalue weighted by atomic mass is 16.4. The number of aliphatic imine (C=N–C) groups is 1. The molecule has 2 aromatic rings. The molecule has 3 rings (SSSR count). The molecule has 1 N–H and O–H groups in total. The Balaban J connectivity index is 1.65. The predicted molar refractivity (Wildman–Crippen MR) is 107 cm³/mol. The third kappa shape index (κ3) is 5.18. The maximum Gasteiger partial charge on any atom is 0.335 e. The number of hydrogen-bond acceptors (Lipinski definition) is 4. The van der Waals surface area contributed by atoms with Crippen molar-refractivity contribution in [3.8, 4) is 23.8 Å². The third-order valence-corrected chi connectivity index (χ3v) is 4.07. The average Bonchev–Trinajstić information content (AvgIpc) is 2.73. The summed E-state index contributed by atoms with van der Waals surface area (Å²) in [5.74, 6) is 6.26. The molecule has 0 aliphatic carbocycles. The number of nitrogens with zero attached hydrogens (tertiary/aromatic N) is 2. The van der Waals surface area contributed by atoms with Gasteiger partial charge in [-0.2, -0.15) is 4.90 Å². The van der Waals surface area contributed by atoms with Crippen LogP contribution in [-0.2, 0) is 22.4 Å². The van der Waals surface area contributed by atoms with Crippen molar-refractivity contribution < 1.29 is 19.5 Å². The number of benzene rings is 2. The van der Waals surface area contributed by atoms with Gasteiger partial charge < -0.3 is 5.11 Å². The molecule has 6 nitrogen and oxygen atoms in total. The summed E-state index contributed by atoms with van der Waals surface area (Å²) in [6.45, 7) is 0. The van der Waals surface area contributed by atoms with Crippen LogP contribution in [0.1, 0.15) is 21.5 Å². The molecule has 1 atom stereocenters. The lowest BCUT2D eigenvalue weighted by Crippen LogP contribution is -2.43. The Morgan fingerprint density at radius 2 is 1.62 bits per heavy atom. The van der Waals surface area contributed by atoms with E-state index in [0.29, 0.717) is 6.42 Å². The topological polar surface area (TPSA) is 87.0 Å². The molecule has 0 saturated carbocycles. The molecular formula is C23H16N2O4. The fourth-order valence-corrected chi connectivity index (χ4v) is 2.53. The number of aromatic carboxylic acids is 1. The van der Waals surface area contributed by atoms with Gasteiger partial charge in [-0.05, 0) is 23.3 Å². The van der Waals surface area contributed by atoms with Gasteiger partial charge in [-0.15, -0.1) is 0 Å². The summed E-state index contributed by atoms with van der Waals surface area (Å²) < 4.78 is 0. The summed E-state index contributed by atoms with van der Waals surface area (Å²) >= 11 is 0. The van der Waals surface area contributed by atoms with E-state index < -0.39 is 23.8 Å². The van der Waals surface area contributed by atoms with E-state index in [1.54, 1.807) is 12.1 Å². The molecule has 6 heteroatoms. The van der Waals surface area contributed by atoms with Gasteiger partial charge in [0.25, 0.3) is 11.8 Å². The number of carboxylic acid groups (broad SMARTS) is 1. The first-order chi connectivity index (χ1) is 14.0. The lowest BCUT2D eigenvalue weighted by molar-refractivity contribution is -0.137. The molecule has 0 bridgehead atoms. The van der Waals surface area contributed by atoms with E-state index in [9.17, 15) is 14.4 Å². The minimum absolute atomic E-state index is 0.177. The second kappa shape index (κ2) is 9.16. The van der Waals surface area contributed by atoms with Crippen LogP contribution in [0.4, 0.5) is 0 Å². The second-order valence-corrected chi connectivity index (χ2v) is 6.14. The van der Waals surface area contributed by atoms with Crippen molar-refractivity contribution in [1.29, 1.82) is 0 Å². The molecular weight excluding hydrogens is 368 g/mol. The zero-order valence-corrected chi connectivity index (χ0v) is 15.3. The molecule has 1 aliphatic rings. The summed E-state index contributed by atoms with van der Waals surface area (Å²) in [7, 11) is 0. The molecule has 0 aromatic heterocycles. The van der Waals surface area contributed by atoms with Crippen LogP contribution in [0.5, 0.6) is 0 Å². The number of amides is 2. The van der Waals surface area contributed by atoms with Gasteiger partial charge >= 0.3 is 5.97 Å². The maximum absolute atomic E-state index is 12.5. The monoisotopic (exact) mass is 384 g/mol. The number of hydrogen-bond donors (Lipinski definition) is 1. The smallest absolute Gasteiger partial charge is 0.335 e. The Labute approximate surface area is 167 Å². The maximum atomic E-state index is 12.5. The third-order valence-electron chi connectivity index (χ3n) is 4.07. The Morgan fingerprint density at radius 3 is 2.31 bits per heavy atom. The number of rotatable bonds is 3. The van der Waals surface area contributed by atoms with Gasteiger partial charge in [0, 0.05) is 18.9 Å². The standard InChI is InChI=1S/C23H16N2O4/c26-21-16-24-20(10-4-8-17-6-2-1-3-7-17)22(27)25(21)15-5-9-18-11-13-19(14-12-18)23(28)29/h1-3,6-7,11-14,16,20H,8-9H2,(H,28,29). The van der Waals surface area contributed by atoms with Gasteiger partial charge in [-0.1, -0.05) is 60.2 Å². The fourth-order valence-electron chi connectivity index (χ4n) is 2.53. The molecule has 0 spiro atoms. The number of carbonyl (C=O) groups is 3. The Hall–Kier alpha value is -4.16. The van der Waals surface area contributed by atoms with E-state index in [2.05, 4.69) is 28.8 Å². The minimum Gasteiger partial charge on any atom is -0.478 e. The summed E-state index contributed by atoms with van der Waals surface area (Å²) in [6, 6.07) is 17.4. The summed E-state index contributed by atoms with van der Waals surface area (Å²) in [6.07, 6.45) is 1.80. The highest BCUT2D eigenvalue weighted by molar-refractivity contribution is 6.33. The molecule has 2 amide bonds. The Bertz CT molecular complexity index is 1080. The average molecular weight is 384 g/mol. The summed E-state index contributed by atoms with van der Waals surface area (Å²) in [4.78, 5) is 40.0. The highest BCUT2D eigenvalue weighted by Crippen LogP contribution is 2.07. The van der Waals surface area contributed by atoms with E-state index in [1.807, 2.05) is 30.3 Å². The molecule has 0 fully saturated rings. The SMILES string of the molecule is O=C(O)c1ccc(CC#CN2C(=O)C=NC(C#CCc3ccccc3)C2=O)cc1. The van der Waals surface area contributed by atoms with Gasteiger partial charge in [0.15, 0.2) is 6.04 Å². The van der Waals surface area contributed by atoms with Crippen LogP contribution in [0.25, 0.3) is 0 Å². The van der Waals surface area contributed by atoms with Crippen molar-refractivity contribution >= 4 is 24.0 Å². The van der Waals surface area contributed by atoms with Crippen LogP contribution >= 0.6 is 0 Å². The van der Waals surface area contributed by atoms with Gasteiger partial charge in [-0.3, -0.25) is 14.6 Å². The van der Waals surface area contributed by atoms with Crippen LogP contribution in [0.2, 0.25) is 0 Å². The fraction of sp³-hybridized carbons (Fsp3) is 0.130. The van der Waals surface area contributed by atoms with Crippen molar-refractivity contribution in [1.82, 2.24) is 4.90 Å². The van der Waals surface area contributed by atoms with E-state index in [0.717, 1.165) is 22.2 Å². The summed E-state index contributed by atoms with van der Waals surface area (Å²) in [5, 5.41) is 8.90. The van der Waals surface area contributed by atoms with Crippen LogP contribution < -0.4 is 0 Å². The van der Waals surface area contributed by atoms with Gasteiger partial charge in [0.2, 0.25) is 0 Å².